The normalized spacial score (nSPS) is 19.5. The summed E-state index contributed by atoms with van der Waals surface area (Å²) in [5.41, 5.74) is 20.2. The SMILES string of the molecule is N/C=C(/NCCNN)C(=O)NC(N)CC(N)N1CCOCC1. The van der Waals surface area contributed by atoms with Gasteiger partial charge in [0.05, 0.1) is 25.5 Å². The molecule has 0 saturated carbocycles. The molecule has 0 aromatic heterocycles. The van der Waals surface area contributed by atoms with Crippen molar-refractivity contribution in [1.29, 1.82) is 0 Å². The summed E-state index contributed by atoms with van der Waals surface area (Å²) < 4.78 is 5.27. The number of carbonyl (C=O) groups is 1. The zero-order valence-corrected chi connectivity index (χ0v) is 12.8. The Hall–Kier alpha value is -1.43. The van der Waals surface area contributed by atoms with Gasteiger partial charge in [-0.05, 0) is 0 Å². The van der Waals surface area contributed by atoms with Crippen LogP contribution in [-0.4, -0.2) is 62.5 Å². The minimum Gasteiger partial charge on any atom is -0.403 e. The Morgan fingerprint density at radius 1 is 1.27 bits per heavy atom. The lowest BCUT2D eigenvalue weighted by atomic mass is 10.2. The van der Waals surface area contributed by atoms with E-state index in [1.54, 1.807) is 0 Å². The van der Waals surface area contributed by atoms with Gasteiger partial charge in [0.1, 0.15) is 5.70 Å². The molecule has 0 bridgehead atoms. The van der Waals surface area contributed by atoms with Gasteiger partial charge >= 0.3 is 0 Å². The number of amides is 1. The van der Waals surface area contributed by atoms with Crippen LogP contribution in [0.3, 0.4) is 0 Å². The molecule has 0 aromatic carbocycles. The average molecular weight is 316 g/mol. The third-order valence-electron chi connectivity index (χ3n) is 3.32. The summed E-state index contributed by atoms with van der Waals surface area (Å²) >= 11 is 0. The lowest BCUT2D eigenvalue weighted by molar-refractivity contribution is -0.118. The van der Waals surface area contributed by atoms with Crippen molar-refractivity contribution in [2.45, 2.75) is 18.8 Å². The minimum absolute atomic E-state index is 0.223. The Balaban J connectivity index is 2.35. The molecule has 22 heavy (non-hydrogen) atoms. The second-order valence-corrected chi connectivity index (χ2v) is 4.99. The molecular formula is C12H28N8O2. The minimum atomic E-state index is -0.560. The maximum Gasteiger partial charge on any atom is 0.270 e. The highest BCUT2D eigenvalue weighted by Gasteiger charge is 2.21. The first-order chi connectivity index (χ1) is 10.6. The van der Waals surface area contributed by atoms with E-state index in [0.29, 0.717) is 32.7 Å². The van der Waals surface area contributed by atoms with Crippen LogP contribution in [-0.2, 0) is 9.53 Å². The van der Waals surface area contributed by atoms with E-state index in [-0.39, 0.29) is 17.8 Å². The monoisotopic (exact) mass is 316 g/mol. The van der Waals surface area contributed by atoms with Gasteiger partial charge in [-0.25, -0.2) is 0 Å². The van der Waals surface area contributed by atoms with E-state index in [4.69, 9.17) is 27.8 Å². The molecular weight excluding hydrogens is 288 g/mol. The first kappa shape index (κ1) is 18.6. The highest BCUT2D eigenvalue weighted by molar-refractivity contribution is 5.92. The van der Waals surface area contributed by atoms with Gasteiger partial charge in [-0.3, -0.25) is 21.0 Å². The van der Waals surface area contributed by atoms with Crippen LogP contribution in [0, 0.1) is 0 Å². The number of ether oxygens (including phenoxy) is 1. The summed E-state index contributed by atoms with van der Waals surface area (Å²) in [5, 5.41) is 5.53. The van der Waals surface area contributed by atoms with E-state index in [2.05, 4.69) is 21.0 Å². The number of hydrogen-bond acceptors (Lipinski definition) is 9. The molecule has 10 heteroatoms. The lowest BCUT2D eigenvalue weighted by Gasteiger charge is -2.33. The standard InChI is InChI=1S/C12H28N8O2/c13-8-9(17-1-2-18-16)12(21)19-10(14)7-11(15)20-3-5-22-6-4-20/h8,10-11,17-18H,1-7,13-16H2,(H,19,21)/b9-8+. The highest BCUT2D eigenvalue weighted by atomic mass is 16.5. The van der Waals surface area contributed by atoms with E-state index in [9.17, 15) is 4.79 Å². The van der Waals surface area contributed by atoms with Crippen LogP contribution >= 0.6 is 0 Å². The maximum absolute atomic E-state index is 12.0. The molecule has 1 saturated heterocycles. The predicted octanol–water partition coefficient (Wildman–Crippen LogP) is -3.75. The Morgan fingerprint density at radius 3 is 2.55 bits per heavy atom. The van der Waals surface area contributed by atoms with Crippen LogP contribution in [0.5, 0.6) is 0 Å². The topological polar surface area (TPSA) is 170 Å². The number of nitrogens with two attached hydrogens (primary N) is 4. The molecule has 2 unspecified atom stereocenters. The number of rotatable bonds is 9. The molecule has 0 aliphatic carbocycles. The van der Waals surface area contributed by atoms with E-state index < -0.39 is 6.17 Å². The molecule has 1 heterocycles. The van der Waals surface area contributed by atoms with E-state index in [0.717, 1.165) is 13.1 Å². The summed E-state index contributed by atoms with van der Waals surface area (Å²) in [7, 11) is 0. The van der Waals surface area contributed by atoms with Gasteiger partial charge < -0.3 is 32.6 Å². The molecule has 1 amide bonds. The van der Waals surface area contributed by atoms with Gasteiger partial charge in [0, 0.05) is 38.8 Å². The van der Waals surface area contributed by atoms with Crippen LogP contribution in [0.15, 0.2) is 11.9 Å². The molecule has 128 valence electrons. The van der Waals surface area contributed by atoms with Gasteiger partial charge in [0.15, 0.2) is 0 Å². The second-order valence-electron chi connectivity index (χ2n) is 4.99. The molecule has 1 aliphatic rings. The zero-order valence-electron chi connectivity index (χ0n) is 12.8. The first-order valence-electron chi connectivity index (χ1n) is 7.31. The smallest absolute Gasteiger partial charge is 0.270 e. The summed E-state index contributed by atoms with van der Waals surface area (Å²) in [4.78, 5) is 14.1. The van der Waals surface area contributed by atoms with Crippen molar-refractivity contribution in [1.82, 2.24) is 21.0 Å². The van der Waals surface area contributed by atoms with Gasteiger partial charge in [-0.2, -0.15) is 0 Å². The Labute approximate surface area is 130 Å². The van der Waals surface area contributed by atoms with Crippen LogP contribution in [0.1, 0.15) is 6.42 Å². The molecule has 10 nitrogen and oxygen atoms in total. The van der Waals surface area contributed by atoms with E-state index in [1.807, 2.05) is 0 Å². The first-order valence-corrected chi connectivity index (χ1v) is 7.31. The van der Waals surface area contributed by atoms with Crippen molar-refractivity contribution >= 4 is 5.91 Å². The lowest BCUT2D eigenvalue weighted by Crippen LogP contribution is -2.54. The zero-order chi connectivity index (χ0) is 16.4. The van der Waals surface area contributed by atoms with Crippen molar-refractivity contribution < 1.29 is 9.53 Å². The van der Waals surface area contributed by atoms with Crippen LogP contribution in [0.4, 0.5) is 0 Å². The summed E-state index contributed by atoms with van der Waals surface area (Å²) in [6, 6.07) is 0. The van der Waals surface area contributed by atoms with Crippen LogP contribution in [0.2, 0.25) is 0 Å². The number of morpholine rings is 1. The van der Waals surface area contributed by atoms with E-state index in [1.165, 1.54) is 6.20 Å². The molecule has 1 aliphatic heterocycles. The fourth-order valence-electron chi connectivity index (χ4n) is 2.11. The maximum atomic E-state index is 12.0. The largest absolute Gasteiger partial charge is 0.403 e. The summed E-state index contributed by atoms with van der Waals surface area (Å²) in [5.74, 6) is 4.78. The highest BCUT2D eigenvalue weighted by Crippen LogP contribution is 2.04. The van der Waals surface area contributed by atoms with Crippen LogP contribution in [0.25, 0.3) is 0 Å². The summed E-state index contributed by atoms with van der Waals surface area (Å²) in [6.45, 7) is 3.82. The molecule has 11 N–H and O–H groups in total. The van der Waals surface area contributed by atoms with E-state index >= 15 is 0 Å². The van der Waals surface area contributed by atoms with Gasteiger partial charge in [-0.1, -0.05) is 0 Å². The fraction of sp³-hybridized carbons (Fsp3) is 0.750. The molecule has 2 atom stereocenters. The molecule has 1 fully saturated rings. The number of nitrogens with one attached hydrogen (secondary N) is 3. The quantitative estimate of drug-likeness (QED) is 0.0742. The molecule has 0 radical (unpaired) electrons. The predicted molar refractivity (Wildman–Crippen MR) is 83.6 cm³/mol. The molecule has 0 aromatic rings. The summed E-state index contributed by atoms with van der Waals surface area (Å²) in [6.07, 6.45) is 0.850. The van der Waals surface area contributed by atoms with Crippen LogP contribution < -0.4 is 39.1 Å². The number of carbonyl (C=O) groups excluding carboxylic acids is 1. The van der Waals surface area contributed by atoms with Crippen molar-refractivity contribution in [2.24, 2.45) is 23.0 Å². The van der Waals surface area contributed by atoms with Gasteiger partial charge in [0.2, 0.25) is 0 Å². The van der Waals surface area contributed by atoms with Gasteiger partial charge in [-0.15, -0.1) is 0 Å². The van der Waals surface area contributed by atoms with Crippen molar-refractivity contribution in [3.05, 3.63) is 11.9 Å². The number of hydrazine groups is 1. The second kappa shape index (κ2) is 10.3. The molecule has 0 spiro atoms. The Morgan fingerprint density at radius 2 is 1.95 bits per heavy atom. The molecule has 1 rings (SSSR count). The average Bonchev–Trinajstić information content (AvgIpc) is 2.52. The Bertz CT molecular complexity index is 359. The van der Waals surface area contributed by atoms with Crippen molar-refractivity contribution in [3.63, 3.8) is 0 Å². The van der Waals surface area contributed by atoms with Crippen molar-refractivity contribution in [3.8, 4) is 0 Å². The number of nitrogens with zero attached hydrogens (tertiary/aromatic N) is 1. The Kier molecular flexibility index (Phi) is 8.74. The van der Waals surface area contributed by atoms with Gasteiger partial charge in [0.25, 0.3) is 5.91 Å². The third kappa shape index (κ3) is 6.56. The van der Waals surface area contributed by atoms with Crippen molar-refractivity contribution in [2.75, 3.05) is 39.4 Å². The third-order valence-corrected chi connectivity index (χ3v) is 3.32. The number of hydrogen-bond donors (Lipinski definition) is 7. The fourth-order valence-corrected chi connectivity index (χ4v) is 2.11.